The van der Waals surface area contributed by atoms with E-state index in [0.29, 0.717) is 18.1 Å². The van der Waals surface area contributed by atoms with Crippen LogP contribution < -0.4 is 20.1 Å². The number of nitrogens with one attached hydrogen (secondary N) is 2. The van der Waals surface area contributed by atoms with E-state index in [4.69, 9.17) is 26.3 Å². The van der Waals surface area contributed by atoms with Gasteiger partial charge in [-0.2, -0.15) is 5.26 Å². The third-order valence-electron chi connectivity index (χ3n) is 5.72. The Morgan fingerprint density at radius 2 is 1.88 bits per heavy atom. The fourth-order valence-electron chi connectivity index (χ4n) is 4.28. The Bertz CT molecular complexity index is 1070. The van der Waals surface area contributed by atoms with E-state index in [0.717, 1.165) is 18.9 Å². The predicted octanol–water partition coefficient (Wildman–Crippen LogP) is 2.36. The number of hydrogen-bond donors (Lipinski definition) is 2. The van der Waals surface area contributed by atoms with Gasteiger partial charge in [0.05, 0.1) is 11.2 Å². The van der Waals surface area contributed by atoms with Gasteiger partial charge < -0.3 is 20.1 Å². The minimum absolute atomic E-state index is 0.0146. The van der Waals surface area contributed by atoms with Crippen LogP contribution in [0, 0.1) is 23.1 Å². The van der Waals surface area contributed by atoms with Crippen LogP contribution in [-0.4, -0.2) is 41.6 Å². The number of nitriles is 1. The van der Waals surface area contributed by atoms with Crippen molar-refractivity contribution in [1.29, 1.82) is 5.26 Å². The molecule has 1 heterocycles. The monoisotopic (exact) mass is 458 g/mol. The smallest absolute Gasteiger partial charge is 0.258 e. The molecule has 3 aliphatic rings. The second-order valence-corrected chi connectivity index (χ2v) is 8.43. The fourth-order valence-corrected chi connectivity index (χ4v) is 4.40. The number of ether oxygens (including phenoxy) is 2. The maximum Gasteiger partial charge on any atom is 0.258 e. The number of pyridine rings is 1. The zero-order valence-corrected chi connectivity index (χ0v) is 17.7. The highest BCUT2D eigenvalue weighted by molar-refractivity contribution is 6.30. The maximum absolute atomic E-state index is 13.5. The first-order valence-corrected chi connectivity index (χ1v) is 10.4. The van der Waals surface area contributed by atoms with E-state index in [2.05, 4.69) is 15.6 Å². The summed E-state index contributed by atoms with van der Waals surface area (Å²) >= 11 is 5.63. The number of carbonyl (C=O) groups excluding carboxylic acids is 2. The molecule has 1 unspecified atom stereocenters. The van der Waals surface area contributed by atoms with Gasteiger partial charge in [-0.25, -0.2) is 9.37 Å². The van der Waals surface area contributed by atoms with E-state index in [1.54, 1.807) is 6.07 Å². The molecule has 8 nitrogen and oxygen atoms in total. The van der Waals surface area contributed by atoms with Crippen LogP contribution in [0.3, 0.4) is 0 Å². The molecule has 10 heteroatoms. The van der Waals surface area contributed by atoms with Crippen LogP contribution in [0.1, 0.15) is 25.0 Å². The maximum atomic E-state index is 13.5. The molecular formula is C22H20ClFN4O4. The van der Waals surface area contributed by atoms with Crippen LogP contribution >= 0.6 is 11.6 Å². The van der Waals surface area contributed by atoms with Crippen molar-refractivity contribution < 1.29 is 23.5 Å². The summed E-state index contributed by atoms with van der Waals surface area (Å²) in [5.74, 6) is -0.260. The van der Waals surface area contributed by atoms with E-state index >= 15 is 0 Å². The van der Waals surface area contributed by atoms with E-state index in [1.807, 2.05) is 6.07 Å². The Hall–Kier alpha value is -3.38. The van der Waals surface area contributed by atoms with Gasteiger partial charge in [-0.1, -0.05) is 11.6 Å². The lowest BCUT2D eigenvalue weighted by Gasteiger charge is -2.39. The Morgan fingerprint density at radius 1 is 1.16 bits per heavy atom. The lowest BCUT2D eigenvalue weighted by Crippen LogP contribution is -2.53. The highest BCUT2D eigenvalue weighted by atomic mass is 35.5. The highest BCUT2D eigenvalue weighted by Crippen LogP contribution is 2.51. The van der Waals surface area contributed by atoms with Crippen LogP contribution in [0.4, 0.5) is 4.39 Å². The Labute approximate surface area is 188 Å². The molecule has 1 aromatic carbocycles. The number of rotatable bonds is 8. The van der Waals surface area contributed by atoms with Gasteiger partial charge in [0.25, 0.3) is 11.8 Å². The highest BCUT2D eigenvalue weighted by Gasteiger charge is 2.57. The molecule has 2 bridgehead atoms. The molecule has 1 aromatic heterocycles. The van der Waals surface area contributed by atoms with Crippen molar-refractivity contribution in [2.75, 3.05) is 13.2 Å². The third-order valence-corrected chi connectivity index (χ3v) is 6.02. The number of fused-ring (bicyclic) bond motifs is 1. The quantitative estimate of drug-likeness (QED) is 0.627. The summed E-state index contributed by atoms with van der Waals surface area (Å²) in [6.07, 6.45) is 3.58. The molecule has 5 rings (SSSR count). The fraction of sp³-hybridized carbons (Fsp3) is 0.364. The molecule has 1 atom stereocenters. The summed E-state index contributed by atoms with van der Waals surface area (Å²) in [5.41, 5.74) is -0.0859. The topological polar surface area (TPSA) is 113 Å². The zero-order valence-electron chi connectivity index (χ0n) is 16.9. The van der Waals surface area contributed by atoms with Crippen molar-refractivity contribution in [3.05, 3.63) is 53.1 Å². The molecule has 2 amide bonds. The minimum atomic E-state index is -0.612. The number of carbonyl (C=O) groups is 2. The number of nitrogens with zero attached hydrogens (tertiary/aromatic N) is 2. The van der Waals surface area contributed by atoms with Crippen LogP contribution in [-0.2, 0) is 9.59 Å². The Kier molecular flexibility index (Phi) is 6.15. The van der Waals surface area contributed by atoms with Gasteiger partial charge >= 0.3 is 0 Å². The standard InChI is InChI=1S/C22H20ClFN4O4/c23-17-4-3-15(5-18(17)24)31-12-21(30)28-22-6-13(7-22)19(8-22)27-20(29)11-32-16-2-1-14(9-25)26-10-16/h1-5,10,13,19H,6-8,11-12H2,(H,27,29)(H,28,30). The second kappa shape index (κ2) is 9.01. The first-order chi connectivity index (χ1) is 15.4. The lowest BCUT2D eigenvalue weighted by atomic mass is 9.76. The Balaban J connectivity index is 1.20. The SMILES string of the molecule is N#Cc1ccc(OCC(=O)NC2CC3(NC(=O)COc4ccc(Cl)c(F)c4)CC2C3)cn1. The first kappa shape index (κ1) is 21.8. The molecule has 2 aromatic rings. The van der Waals surface area contributed by atoms with Crippen LogP contribution in [0.15, 0.2) is 36.5 Å². The molecule has 0 saturated heterocycles. The van der Waals surface area contributed by atoms with Gasteiger partial charge in [-0.15, -0.1) is 0 Å². The molecule has 166 valence electrons. The number of aromatic nitrogens is 1. The summed E-state index contributed by atoms with van der Waals surface area (Å²) in [6.45, 7) is -0.404. The van der Waals surface area contributed by atoms with E-state index in [-0.39, 0.29) is 53.1 Å². The molecule has 3 aliphatic carbocycles. The minimum Gasteiger partial charge on any atom is -0.484 e. The number of amides is 2. The van der Waals surface area contributed by atoms with Gasteiger partial charge in [-0.3, -0.25) is 9.59 Å². The van der Waals surface area contributed by atoms with Gasteiger partial charge in [-0.05, 0) is 49.4 Å². The number of benzene rings is 1. The van der Waals surface area contributed by atoms with Crippen molar-refractivity contribution >= 4 is 23.4 Å². The van der Waals surface area contributed by atoms with Crippen molar-refractivity contribution in [1.82, 2.24) is 15.6 Å². The predicted molar refractivity (Wildman–Crippen MR) is 111 cm³/mol. The van der Waals surface area contributed by atoms with Gasteiger partial charge in [0, 0.05) is 17.6 Å². The van der Waals surface area contributed by atoms with Gasteiger partial charge in [0.1, 0.15) is 29.1 Å². The van der Waals surface area contributed by atoms with Gasteiger partial charge in [0.15, 0.2) is 13.2 Å². The molecule has 0 spiro atoms. The summed E-state index contributed by atoms with van der Waals surface area (Å²) in [5, 5.41) is 14.7. The van der Waals surface area contributed by atoms with Crippen LogP contribution in [0.25, 0.3) is 0 Å². The summed E-state index contributed by atoms with van der Waals surface area (Å²) < 4.78 is 24.2. The van der Waals surface area contributed by atoms with E-state index < -0.39 is 5.82 Å². The molecule has 3 saturated carbocycles. The van der Waals surface area contributed by atoms with Crippen LogP contribution in [0.5, 0.6) is 11.5 Å². The average molecular weight is 459 g/mol. The van der Waals surface area contributed by atoms with Crippen molar-refractivity contribution in [3.63, 3.8) is 0 Å². The number of hydrogen-bond acceptors (Lipinski definition) is 6. The Morgan fingerprint density at radius 3 is 2.56 bits per heavy atom. The first-order valence-electron chi connectivity index (χ1n) is 10.0. The number of halogens is 2. The molecule has 0 radical (unpaired) electrons. The van der Waals surface area contributed by atoms with E-state index in [1.165, 1.54) is 24.4 Å². The molecule has 2 N–H and O–H groups in total. The van der Waals surface area contributed by atoms with Crippen LogP contribution in [0.2, 0.25) is 5.02 Å². The molecule has 32 heavy (non-hydrogen) atoms. The molecule has 0 aliphatic heterocycles. The third kappa shape index (κ3) is 4.92. The summed E-state index contributed by atoms with van der Waals surface area (Å²) in [6, 6.07) is 8.95. The summed E-state index contributed by atoms with van der Waals surface area (Å²) in [7, 11) is 0. The van der Waals surface area contributed by atoms with Gasteiger partial charge in [0.2, 0.25) is 0 Å². The normalized spacial score (nSPS) is 22.9. The van der Waals surface area contributed by atoms with E-state index in [9.17, 15) is 14.0 Å². The lowest BCUT2D eigenvalue weighted by molar-refractivity contribution is -0.126. The second-order valence-electron chi connectivity index (χ2n) is 8.02. The summed E-state index contributed by atoms with van der Waals surface area (Å²) in [4.78, 5) is 28.4. The van der Waals surface area contributed by atoms with Crippen molar-refractivity contribution in [2.24, 2.45) is 5.92 Å². The largest absolute Gasteiger partial charge is 0.484 e. The average Bonchev–Trinajstić information content (AvgIpc) is 3.26. The molecular weight excluding hydrogens is 439 g/mol. The van der Waals surface area contributed by atoms with Crippen molar-refractivity contribution in [3.8, 4) is 17.6 Å². The zero-order chi connectivity index (χ0) is 22.7. The molecule has 3 fully saturated rings. The van der Waals surface area contributed by atoms with Crippen molar-refractivity contribution in [2.45, 2.75) is 30.8 Å².